The summed E-state index contributed by atoms with van der Waals surface area (Å²) in [5, 5.41) is 0. The minimum Gasteiger partial charge on any atom is -0.480 e. The number of ether oxygens (including phenoxy) is 1. The zero-order valence-corrected chi connectivity index (χ0v) is 10.2. The fourth-order valence-corrected chi connectivity index (χ4v) is 1.52. The van der Waals surface area contributed by atoms with Crippen LogP contribution in [0.25, 0.3) is 0 Å². The van der Waals surface area contributed by atoms with E-state index < -0.39 is 17.9 Å². The Morgan fingerprint density at radius 1 is 1.39 bits per heavy atom. The van der Waals surface area contributed by atoms with Gasteiger partial charge < -0.3 is 10.5 Å². The number of carbonyl (C=O) groups excluding carboxylic acids is 2. The van der Waals surface area contributed by atoms with Crippen LogP contribution in [-0.2, 0) is 4.79 Å². The summed E-state index contributed by atoms with van der Waals surface area (Å²) in [6, 6.07) is 6.50. The summed E-state index contributed by atoms with van der Waals surface area (Å²) in [5.41, 5.74) is 7.51. The maximum absolute atomic E-state index is 11.5. The Balaban J connectivity index is 2.93. The number of hydrazine groups is 1. The van der Waals surface area contributed by atoms with Gasteiger partial charge in [0.2, 0.25) is 0 Å². The van der Waals surface area contributed by atoms with Gasteiger partial charge in [0.25, 0.3) is 11.8 Å². The van der Waals surface area contributed by atoms with Crippen molar-refractivity contribution in [3.63, 3.8) is 0 Å². The predicted molar refractivity (Wildman–Crippen MR) is 66.6 cm³/mol. The van der Waals surface area contributed by atoms with Crippen LogP contribution in [0.5, 0.6) is 5.75 Å². The zero-order valence-electron chi connectivity index (χ0n) is 10.2. The molecule has 0 saturated carbocycles. The molecule has 18 heavy (non-hydrogen) atoms. The molecule has 0 spiro atoms. The highest BCUT2D eigenvalue weighted by atomic mass is 16.5. The molecule has 1 aromatic carbocycles. The van der Waals surface area contributed by atoms with E-state index in [1.54, 1.807) is 24.3 Å². The molecule has 0 saturated heterocycles. The molecule has 0 bridgehead atoms. The van der Waals surface area contributed by atoms with Gasteiger partial charge in [-0.05, 0) is 18.6 Å². The third-order valence-corrected chi connectivity index (χ3v) is 2.41. The monoisotopic (exact) mass is 251 g/mol. The number of para-hydroxylation sites is 1. The van der Waals surface area contributed by atoms with Gasteiger partial charge >= 0.3 is 0 Å². The second-order valence-corrected chi connectivity index (χ2v) is 3.76. The Labute approximate surface area is 105 Å². The van der Waals surface area contributed by atoms with Crippen molar-refractivity contribution >= 4 is 11.8 Å². The van der Waals surface area contributed by atoms with Crippen LogP contribution in [0.15, 0.2) is 24.3 Å². The molecule has 0 aliphatic carbocycles. The standard InChI is InChI=1S/C12H17N3O3/c1-2-5-10(12(17)15-14)18-9-7-4-3-6-8(9)11(13)16/h3-4,6-7,10H,2,5,14H2,1H3,(H2,13,16)(H,15,17). The minimum atomic E-state index is -0.736. The molecule has 2 amide bonds. The number of benzene rings is 1. The van der Waals surface area contributed by atoms with E-state index in [1.165, 1.54) is 0 Å². The van der Waals surface area contributed by atoms with Crippen molar-refractivity contribution in [1.82, 2.24) is 5.43 Å². The molecule has 5 N–H and O–H groups in total. The van der Waals surface area contributed by atoms with Gasteiger partial charge in [0.15, 0.2) is 6.10 Å². The van der Waals surface area contributed by atoms with Crippen LogP contribution in [-0.4, -0.2) is 17.9 Å². The number of primary amides is 1. The molecule has 0 radical (unpaired) electrons. The van der Waals surface area contributed by atoms with Crippen molar-refractivity contribution < 1.29 is 14.3 Å². The van der Waals surface area contributed by atoms with Gasteiger partial charge in [0, 0.05) is 0 Å². The first-order valence-electron chi connectivity index (χ1n) is 5.66. The van der Waals surface area contributed by atoms with E-state index in [-0.39, 0.29) is 11.3 Å². The van der Waals surface area contributed by atoms with E-state index in [9.17, 15) is 9.59 Å². The maximum atomic E-state index is 11.5. The summed E-state index contributed by atoms with van der Waals surface area (Å²) in [6.45, 7) is 1.92. The molecule has 6 heteroatoms. The van der Waals surface area contributed by atoms with Gasteiger partial charge in [-0.3, -0.25) is 15.0 Å². The van der Waals surface area contributed by atoms with E-state index in [1.807, 2.05) is 12.3 Å². The third-order valence-electron chi connectivity index (χ3n) is 2.41. The lowest BCUT2D eigenvalue weighted by atomic mass is 10.1. The molecule has 0 heterocycles. The zero-order chi connectivity index (χ0) is 13.5. The number of nitrogens with one attached hydrogen (secondary N) is 1. The van der Waals surface area contributed by atoms with Crippen LogP contribution < -0.4 is 21.7 Å². The highest BCUT2D eigenvalue weighted by Crippen LogP contribution is 2.20. The summed E-state index contributed by atoms with van der Waals surface area (Å²) >= 11 is 0. The second kappa shape index (κ2) is 6.61. The SMILES string of the molecule is CCCC(Oc1ccccc1C(N)=O)C(=O)NN. The Hall–Kier alpha value is -2.08. The predicted octanol–water partition coefficient (Wildman–Crippen LogP) is 0.323. The number of rotatable bonds is 6. The largest absolute Gasteiger partial charge is 0.480 e. The lowest BCUT2D eigenvalue weighted by Gasteiger charge is -2.18. The Morgan fingerprint density at radius 2 is 2.06 bits per heavy atom. The van der Waals surface area contributed by atoms with E-state index in [4.69, 9.17) is 16.3 Å². The molecular weight excluding hydrogens is 234 g/mol. The van der Waals surface area contributed by atoms with Crippen molar-refractivity contribution in [2.75, 3.05) is 0 Å². The van der Waals surface area contributed by atoms with Crippen LogP contribution in [0.2, 0.25) is 0 Å². The van der Waals surface area contributed by atoms with E-state index in [0.29, 0.717) is 6.42 Å². The van der Waals surface area contributed by atoms with Gasteiger partial charge in [-0.25, -0.2) is 5.84 Å². The van der Waals surface area contributed by atoms with Crippen molar-refractivity contribution in [1.29, 1.82) is 0 Å². The molecular formula is C12H17N3O3. The Kier molecular flexibility index (Phi) is 5.13. The normalized spacial score (nSPS) is 11.7. The summed E-state index contributed by atoms with van der Waals surface area (Å²) < 4.78 is 5.51. The van der Waals surface area contributed by atoms with Gasteiger partial charge in [-0.15, -0.1) is 0 Å². The lowest BCUT2D eigenvalue weighted by molar-refractivity contribution is -0.128. The second-order valence-electron chi connectivity index (χ2n) is 3.76. The minimum absolute atomic E-state index is 0.239. The number of carbonyl (C=O) groups is 2. The molecule has 1 rings (SSSR count). The number of hydrogen-bond acceptors (Lipinski definition) is 4. The van der Waals surface area contributed by atoms with E-state index >= 15 is 0 Å². The first kappa shape index (κ1) is 14.0. The Morgan fingerprint density at radius 3 is 2.61 bits per heavy atom. The third kappa shape index (κ3) is 3.46. The smallest absolute Gasteiger partial charge is 0.274 e. The van der Waals surface area contributed by atoms with Crippen LogP contribution in [0.4, 0.5) is 0 Å². The van der Waals surface area contributed by atoms with Crippen LogP contribution in [0, 0.1) is 0 Å². The van der Waals surface area contributed by atoms with Gasteiger partial charge in [0.05, 0.1) is 5.56 Å². The molecule has 0 fully saturated rings. The summed E-state index contributed by atoms with van der Waals surface area (Å²) in [7, 11) is 0. The van der Waals surface area contributed by atoms with Crippen LogP contribution in [0.1, 0.15) is 30.1 Å². The fraction of sp³-hybridized carbons (Fsp3) is 0.333. The summed E-state index contributed by atoms with van der Waals surface area (Å²) in [6.07, 6.45) is 0.507. The molecule has 0 aliphatic rings. The van der Waals surface area contributed by atoms with Crippen molar-refractivity contribution in [3.05, 3.63) is 29.8 Å². The van der Waals surface area contributed by atoms with Crippen molar-refractivity contribution in [3.8, 4) is 5.75 Å². The van der Waals surface area contributed by atoms with Crippen molar-refractivity contribution in [2.24, 2.45) is 11.6 Å². The quantitative estimate of drug-likeness (QED) is 0.384. The molecule has 98 valence electrons. The highest BCUT2D eigenvalue weighted by molar-refractivity contribution is 5.95. The van der Waals surface area contributed by atoms with E-state index in [0.717, 1.165) is 6.42 Å². The van der Waals surface area contributed by atoms with Gasteiger partial charge in [0.1, 0.15) is 5.75 Å². The molecule has 1 aromatic rings. The molecule has 1 unspecified atom stereocenters. The Bertz CT molecular complexity index is 434. The lowest BCUT2D eigenvalue weighted by Crippen LogP contribution is -2.42. The highest BCUT2D eigenvalue weighted by Gasteiger charge is 2.20. The average Bonchev–Trinajstić information content (AvgIpc) is 2.37. The molecule has 0 aromatic heterocycles. The molecule has 0 aliphatic heterocycles. The first-order valence-corrected chi connectivity index (χ1v) is 5.66. The fourth-order valence-electron chi connectivity index (χ4n) is 1.52. The molecule has 6 nitrogen and oxygen atoms in total. The molecule has 1 atom stereocenters. The average molecular weight is 251 g/mol. The van der Waals surface area contributed by atoms with Crippen LogP contribution in [0.3, 0.4) is 0 Å². The number of hydrogen-bond donors (Lipinski definition) is 3. The summed E-state index contributed by atoms with van der Waals surface area (Å²) in [4.78, 5) is 22.7. The first-order chi connectivity index (χ1) is 8.60. The van der Waals surface area contributed by atoms with Gasteiger partial charge in [-0.1, -0.05) is 25.5 Å². The van der Waals surface area contributed by atoms with E-state index in [2.05, 4.69) is 0 Å². The number of nitrogens with two attached hydrogens (primary N) is 2. The van der Waals surface area contributed by atoms with Crippen molar-refractivity contribution in [2.45, 2.75) is 25.9 Å². The topological polar surface area (TPSA) is 107 Å². The van der Waals surface area contributed by atoms with Crippen LogP contribution >= 0.6 is 0 Å². The number of amides is 2. The summed E-state index contributed by atoms with van der Waals surface area (Å²) in [5.74, 6) is 4.33. The van der Waals surface area contributed by atoms with Gasteiger partial charge in [-0.2, -0.15) is 0 Å². The maximum Gasteiger partial charge on any atom is 0.274 e.